The Morgan fingerprint density at radius 3 is 3.00 bits per heavy atom. The lowest BCUT2D eigenvalue weighted by Crippen LogP contribution is -2.04. The van der Waals surface area contributed by atoms with Crippen LogP contribution in [0.1, 0.15) is 5.82 Å². The molecular formula is C8H9ClN6. The number of hydrogen-bond acceptors (Lipinski definition) is 5. The lowest BCUT2D eigenvalue weighted by Gasteiger charge is -2.05. The fraction of sp³-hybridized carbons (Fsp3) is 0.125. The Labute approximate surface area is 90.9 Å². The predicted molar refractivity (Wildman–Crippen MR) is 57.4 cm³/mol. The Morgan fingerprint density at radius 1 is 1.47 bits per heavy atom. The minimum Gasteiger partial charge on any atom is -0.397 e. The van der Waals surface area contributed by atoms with Crippen LogP contribution in [0.4, 0.5) is 11.5 Å². The molecule has 0 aliphatic carbocycles. The maximum Gasteiger partial charge on any atom is 0.145 e. The molecule has 0 atom stereocenters. The first-order valence-electron chi connectivity index (χ1n) is 4.25. The molecule has 0 aromatic carbocycles. The maximum absolute atomic E-state index is 5.92. The van der Waals surface area contributed by atoms with Gasteiger partial charge in [0.15, 0.2) is 0 Å². The first-order valence-corrected chi connectivity index (χ1v) is 4.62. The van der Waals surface area contributed by atoms with Crippen molar-refractivity contribution in [2.75, 3.05) is 11.1 Å². The summed E-state index contributed by atoms with van der Waals surface area (Å²) in [5, 5.41) is 9.93. The Balaban J connectivity index is 2.05. The first-order chi connectivity index (χ1) is 7.25. The van der Waals surface area contributed by atoms with Gasteiger partial charge in [0, 0.05) is 0 Å². The van der Waals surface area contributed by atoms with E-state index in [4.69, 9.17) is 17.3 Å². The second kappa shape index (κ2) is 4.14. The van der Waals surface area contributed by atoms with Gasteiger partial charge in [0.1, 0.15) is 18.0 Å². The summed E-state index contributed by atoms with van der Waals surface area (Å²) in [5.74, 6) is 1.28. The van der Waals surface area contributed by atoms with Crippen molar-refractivity contribution in [2.45, 2.75) is 6.54 Å². The van der Waals surface area contributed by atoms with Gasteiger partial charge < -0.3 is 11.1 Å². The van der Waals surface area contributed by atoms with Crippen LogP contribution < -0.4 is 11.1 Å². The highest BCUT2D eigenvalue weighted by Gasteiger charge is 2.02. The van der Waals surface area contributed by atoms with Crippen molar-refractivity contribution in [1.29, 1.82) is 0 Å². The average molecular weight is 225 g/mol. The molecule has 6 nitrogen and oxygen atoms in total. The van der Waals surface area contributed by atoms with E-state index in [1.807, 2.05) is 0 Å². The number of halogens is 1. The summed E-state index contributed by atoms with van der Waals surface area (Å²) in [6.07, 6.45) is 2.98. The van der Waals surface area contributed by atoms with Gasteiger partial charge in [0.05, 0.1) is 23.5 Å². The van der Waals surface area contributed by atoms with Crippen molar-refractivity contribution in [3.63, 3.8) is 0 Å². The minimum atomic E-state index is 0.481. The first kappa shape index (κ1) is 9.72. The van der Waals surface area contributed by atoms with E-state index in [9.17, 15) is 0 Å². The van der Waals surface area contributed by atoms with Crippen LogP contribution in [0.25, 0.3) is 0 Å². The number of nitrogens with two attached hydrogens (primary N) is 1. The van der Waals surface area contributed by atoms with Crippen LogP contribution in [0.2, 0.25) is 5.02 Å². The lowest BCUT2D eigenvalue weighted by atomic mass is 10.4. The highest BCUT2D eigenvalue weighted by molar-refractivity contribution is 6.33. The number of aromatic nitrogens is 4. The molecule has 2 heterocycles. The highest BCUT2D eigenvalue weighted by Crippen LogP contribution is 2.21. The molecule has 7 heteroatoms. The van der Waals surface area contributed by atoms with Gasteiger partial charge in [0.2, 0.25) is 0 Å². The number of rotatable bonds is 3. The lowest BCUT2D eigenvalue weighted by molar-refractivity contribution is 0.948. The predicted octanol–water partition coefficient (Wildman–Crippen LogP) is 1.05. The van der Waals surface area contributed by atoms with E-state index < -0.39 is 0 Å². The molecule has 0 unspecified atom stereocenters. The summed E-state index contributed by atoms with van der Waals surface area (Å²) in [5.41, 5.74) is 6.05. The van der Waals surface area contributed by atoms with E-state index in [1.54, 1.807) is 6.07 Å². The van der Waals surface area contributed by atoms with E-state index in [0.29, 0.717) is 28.9 Å². The summed E-state index contributed by atoms with van der Waals surface area (Å²) >= 11 is 5.92. The number of nitrogens with one attached hydrogen (secondary N) is 2. The third kappa shape index (κ3) is 2.35. The van der Waals surface area contributed by atoms with Gasteiger partial charge in [-0.05, 0) is 6.07 Å². The molecule has 0 aliphatic rings. The minimum absolute atomic E-state index is 0.481. The van der Waals surface area contributed by atoms with Crippen LogP contribution in [-0.2, 0) is 6.54 Å². The topological polar surface area (TPSA) is 92.5 Å². The van der Waals surface area contributed by atoms with E-state index in [0.717, 1.165) is 0 Å². The number of H-pyrrole nitrogens is 1. The number of anilines is 2. The molecule has 0 saturated heterocycles. The number of nitrogens with zero attached hydrogens (tertiary/aromatic N) is 3. The molecule has 2 rings (SSSR count). The zero-order chi connectivity index (χ0) is 10.7. The van der Waals surface area contributed by atoms with Crippen LogP contribution in [-0.4, -0.2) is 20.2 Å². The van der Waals surface area contributed by atoms with E-state index in [-0.39, 0.29) is 0 Å². The van der Waals surface area contributed by atoms with Gasteiger partial charge in [-0.2, -0.15) is 5.10 Å². The third-order valence-electron chi connectivity index (χ3n) is 1.75. The molecule has 0 spiro atoms. The highest BCUT2D eigenvalue weighted by atomic mass is 35.5. The summed E-state index contributed by atoms with van der Waals surface area (Å²) in [6.45, 7) is 0.483. The Bertz CT molecular complexity index is 440. The van der Waals surface area contributed by atoms with E-state index in [2.05, 4.69) is 25.5 Å². The number of hydrogen-bond donors (Lipinski definition) is 3. The van der Waals surface area contributed by atoms with Crippen molar-refractivity contribution in [3.05, 3.63) is 29.4 Å². The fourth-order valence-corrected chi connectivity index (χ4v) is 1.31. The van der Waals surface area contributed by atoms with Crippen LogP contribution >= 0.6 is 11.6 Å². The summed E-state index contributed by atoms with van der Waals surface area (Å²) < 4.78 is 0. The van der Waals surface area contributed by atoms with Crippen molar-refractivity contribution in [3.8, 4) is 0 Å². The van der Waals surface area contributed by atoms with E-state index in [1.165, 1.54) is 12.5 Å². The largest absolute Gasteiger partial charge is 0.397 e. The smallest absolute Gasteiger partial charge is 0.145 e. The molecule has 0 bridgehead atoms. The summed E-state index contributed by atoms with van der Waals surface area (Å²) in [7, 11) is 0. The maximum atomic E-state index is 5.92. The molecule has 78 valence electrons. The van der Waals surface area contributed by atoms with Crippen LogP contribution in [0.15, 0.2) is 18.6 Å². The van der Waals surface area contributed by atoms with Gasteiger partial charge in [0.25, 0.3) is 0 Å². The standard InChI is InChI=1S/C8H9ClN6/c9-6-1-5(10)2-11-8(6)12-3-7-13-4-14-15-7/h1-2,4H,3,10H2,(H,11,12)(H,13,14,15). The molecule has 0 saturated carbocycles. The van der Waals surface area contributed by atoms with Crippen molar-refractivity contribution in [2.24, 2.45) is 0 Å². The zero-order valence-corrected chi connectivity index (χ0v) is 8.49. The zero-order valence-electron chi connectivity index (χ0n) is 7.74. The summed E-state index contributed by atoms with van der Waals surface area (Å²) in [4.78, 5) is 8.00. The van der Waals surface area contributed by atoms with Gasteiger partial charge in [-0.15, -0.1) is 0 Å². The van der Waals surface area contributed by atoms with Crippen LogP contribution in [0.5, 0.6) is 0 Å². The second-order valence-electron chi connectivity index (χ2n) is 2.88. The molecule has 2 aromatic heterocycles. The second-order valence-corrected chi connectivity index (χ2v) is 3.29. The van der Waals surface area contributed by atoms with Crippen LogP contribution in [0, 0.1) is 0 Å². The Hall–Kier alpha value is -1.82. The normalized spacial score (nSPS) is 10.2. The SMILES string of the molecule is Nc1cnc(NCc2ncn[nH]2)c(Cl)c1. The van der Waals surface area contributed by atoms with Gasteiger partial charge in [-0.1, -0.05) is 11.6 Å². The van der Waals surface area contributed by atoms with Gasteiger partial charge in [-0.3, -0.25) is 5.10 Å². The number of nitrogen functional groups attached to an aromatic ring is 1. The molecule has 0 amide bonds. The molecule has 4 N–H and O–H groups in total. The third-order valence-corrected chi connectivity index (χ3v) is 2.04. The van der Waals surface area contributed by atoms with E-state index >= 15 is 0 Å². The molecule has 0 fully saturated rings. The van der Waals surface area contributed by atoms with Gasteiger partial charge in [-0.25, -0.2) is 9.97 Å². The van der Waals surface area contributed by atoms with Crippen LogP contribution in [0.3, 0.4) is 0 Å². The molecule has 0 aliphatic heterocycles. The van der Waals surface area contributed by atoms with Gasteiger partial charge >= 0.3 is 0 Å². The molecule has 15 heavy (non-hydrogen) atoms. The number of pyridine rings is 1. The molecular weight excluding hydrogens is 216 g/mol. The Morgan fingerprint density at radius 2 is 2.33 bits per heavy atom. The van der Waals surface area contributed by atoms with Crippen molar-refractivity contribution < 1.29 is 0 Å². The molecule has 2 aromatic rings. The Kier molecular flexibility index (Phi) is 2.68. The summed E-state index contributed by atoms with van der Waals surface area (Å²) in [6, 6.07) is 1.64. The molecule has 0 radical (unpaired) electrons. The number of aromatic amines is 1. The van der Waals surface area contributed by atoms with Crippen molar-refractivity contribution >= 4 is 23.1 Å². The average Bonchev–Trinajstić information content (AvgIpc) is 2.69. The van der Waals surface area contributed by atoms with Crippen molar-refractivity contribution in [1.82, 2.24) is 20.2 Å². The fourth-order valence-electron chi connectivity index (χ4n) is 1.07. The quantitative estimate of drug-likeness (QED) is 0.725. The monoisotopic (exact) mass is 224 g/mol.